The normalized spacial score (nSPS) is 15.7. The lowest BCUT2D eigenvalue weighted by Crippen LogP contribution is -2.18. The summed E-state index contributed by atoms with van der Waals surface area (Å²) in [5.41, 5.74) is -0.295. The van der Waals surface area contributed by atoms with Gasteiger partial charge in [-0.1, -0.05) is 18.2 Å². The van der Waals surface area contributed by atoms with Gasteiger partial charge in [-0.2, -0.15) is 13.2 Å². The highest BCUT2D eigenvalue weighted by atomic mass is 19.4. The van der Waals surface area contributed by atoms with E-state index in [1.54, 1.807) is 18.2 Å². The van der Waals surface area contributed by atoms with Gasteiger partial charge in [0.15, 0.2) is 0 Å². The van der Waals surface area contributed by atoms with Gasteiger partial charge >= 0.3 is 18.1 Å². The van der Waals surface area contributed by atoms with Gasteiger partial charge in [0.1, 0.15) is 11.4 Å². The van der Waals surface area contributed by atoms with Crippen molar-refractivity contribution in [3.8, 4) is 17.5 Å². The molecule has 0 bridgehead atoms. The first-order valence-electron chi connectivity index (χ1n) is 7.55. The van der Waals surface area contributed by atoms with Gasteiger partial charge < -0.3 is 9.15 Å². The molecule has 0 unspecified atom stereocenters. The molecule has 1 fully saturated rings. The summed E-state index contributed by atoms with van der Waals surface area (Å²) >= 11 is 0. The molecule has 6 nitrogen and oxygen atoms in total. The molecular formula is C16H10F4N4O2. The van der Waals surface area contributed by atoms with Crippen molar-refractivity contribution in [3.63, 3.8) is 0 Å². The summed E-state index contributed by atoms with van der Waals surface area (Å²) in [4.78, 5) is 7.88. The molecule has 1 aromatic carbocycles. The largest absolute Gasteiger partial charge is 0.470 e. The minimum Gasteiger partial charge on any atom is -0.452 e. The number of halogens is 4. The molecule has 0 aliphatic heterocycles. The highest BCUT2D eigenvalue weighted by molar-refractivity contribution is 5.49. The predicted molar refractivity (Wildman–Crippen MR) is 78.3 cm³/mol. The zero-order valence-corrected chi connectivity index (χ0v) is 13.0. The van der Waals surface area contributed by atoms with Gasteiger partial charge in [0.25, 0.3) is 5.89 Å². The maximum absolute atomic E-state index is 14.0. The van der Waals surface area contributed by atoms with Gasteiger partial charge in [-0.25, -0.2) is 14.4 Å². The number of rotatable bonds is 4. The quantitative estimate of drug-likeness (QED) is 0.655. The molecule has 0 N–H and O–H groups in total. The lowest BCUT2D eigenvalue weighted by Gasteiger charge is -2.17. The molecule has 2 aromatic heterocycles. The minimum atomic E-state index is -4.73. The Balaban J connectivity index is 1.54. The maximum atomic E-state index is 14.0. The summed E-state index contributed by atoms with van der Waals surface area (Å²) in [5, 5.41) is 6.26. The lowest BCUT2D eigenvalue weighted by molar-refractivity contribution is -0.156. The number of nitrogens with zero attached hydrogens (tertiary/aromatic N) is 4. The molecule has 10 heteroatoms. The maximum Gasteiger partial charge on any atom is 0.470 e. The van der Waals surface area contributed by atoms with Crippen molar-refractivity contribution in [1.82, 2.24) is 20.2 Å². The van der Waals surface area contributed by atoms with E-state index < -0.39 is 17.7 Å². The van der Waals surface area contributed by atoms with Gasteiger partial charge in [-0.3, -0.25) is 0 Å². The van der Waals surface area contributed by atoms with Crippen LogP contribution in [-0.4, -0.2) is 20.2 Å². The van der Waals surface area contributed by atoms with Gasteiger partial charge in [-0.15, -0.1) is 10.2 Å². The predicted octanol–water partition coefficient (Wildman–Crippen LogP) is 3.75. The highest BCUT2D eigenvalue weighted by Crippen LogP contribution is 2.49. The number of alkyl halides is 3. The third-order valence-corrected chi connectivity index (χ3v) is 3.90. The van der Waals surface area contributed by atoms with Crippen molar-refractivity contribution in [2.24, 2.45) is 0 Å². The Morgan fingerprint density at radius 3 is 2.31 bits per heavy atom. The van der Waals surface area contributed by atoms with Gasteiger partial charge in [-0.05, 0) is 18.9 Å². The van der Waals surface area contributed by atoms with Crippen molar-refractivity contribution in [1.29, 1.82) is 0 Å². The fourth-order valence-corrected chi connectivity index (χ4v) is 2.48. The van der Waals surface area contributed by atoms with Crippen molar-refractivity contribution in [2.75, 3.05) is 0 Å². The van der Waals surface area contributed by atoms with Crippen molar-refractivity contribution >= 4 is 0 Å². The van der Waals surface area contributed by atoms with E-state index in [4.69, 9.17) is 4.74 Å². The zero-order chi connectivity index (χ0) is 18.4. The van der Waals surface area contributed by atoms with Crippen LogP contribution in [0.3, 0.4) is 0 Å². The summed E-state index contributed by atoms with van der Waals surface area (Å²) in [7, 11) is 0. The average Bonchev–Trinajstić information content (AvgIpc) is 3.19. The van der Waals surface area contributed by atoms with E-state index >= 15 is 0 Å². The molecule has 0 spiro atoms. The molecule has 2 heterocycles. The third kappa shape index (κ3) is 2.98. The second-order valence-electron chi connectivity index (χ2n) is 5.74. The van der Waals surface area contributed by atoms with Gasteiger partial charge in [0, 0.05) is 18.0 Å². The molecule has 0 atom stereocenters. The van der Waals surface area contributed by atoms with Gasteiger partial charge in [0.05, 0.1) is 5.56 Å². The monoisotopic (exact) mass is 366 g/mol. The summed E-state index contributed by atoms with van der Waals surface area (Å²) in [5.74, 6) is -2.20. The first-order valence-corrected chi connectivity index (χ1v) is 7.55. The molecule has 3 aromatic rings. The van der Waals surface area contributed by atoms with Crippen molar-refractivity contribution in [3.05, 3.63) is 53.9 Å². The smallest absolute Gasteiger partial charge is 0.452 e. The molecule has 4 rings (SSSR count). The number of hydrogen-bond acceptors (Lipinski definition) is 6. The van der Waals surface area contributed by atoms with Crippen LogP contribution >= 0.6 is 0 Å². The third-order valence-electron chi connectivity index (χ3n) is 3.90. The Morgan fingerprint density at radius 1 is 1.04 bits per heavy atom. The van der Waals surface area contributed by atoms with Crippen LogP contribution in [0.1, 0.15) is 24.3 Å². The Kier molecular flexibility index (Phi) is 3.63. The van der Waals surface area contributed by atoms with Gasteiger partial charge in [0.2, 0.25) is 0 Å². The Hall–Kier alpha value is -3.04. The van der Waals surface area contributed by atoms with Crippen LogP contribution in [0.25, 0.3) is 11.5 Å². The average molecular weight is 366 g/mol. The first-order chi connectivity index (χ1) is 12.4. The van der Waals surface area contributed by atoms with Crippen LogP contribution in [0.5, 0.6) is 6.01 Å². The molecule has 134 valence electrons. The van der Waals surface area contributed by atoms with Crippen LogP contribution < -0.4 is 4.74 Å². The Bertz CT molecular complexity index is 936. The van der Waals surface area contributed by atoms with Crippen molar-refractivity contribution < 1.29 is 26.7 Å². The second-order valence-corrected chi connectivity index (χ2v) is 5.74. The summed E-state index contributed by atoms with van der Waals surface area (Å²) < 4.78 is 61.7. The molecular weight excluding hydrogens is 356 g/mol. The minimum absolute atomic E-state index is 0.0231. The standard InChI is InChI=1S/C16H10F4N4O2/c17-11-4-2-1-3-10(11)15(5-6-15)26-14-21-7-9(8-22-14)12-23-24-13(25-12)16(18,19)20/h1-4,7-8H,5-6H2. The van der Waals surface area contributed by atoms with Crippen LogP contribution in [-0.2, 0) is 11.8 Å². The number of benzene rings is 1. The van der Waals surface area contributed by atoms with E-state index in [0.717, 1.165) is 0 Å². The SMILES string of the molecule is Fc1ccccc1C1(Oc2ncc(-c3nnc(C(F)(F)F)o3)cn2)CC1. The molecule has 1 aliphatic carbocycles. The van der Waals surface area contributed by atoms with E-state index in [9.17, 15) is 17.6 Å². The van der Waals surface area contributed by atoms with E-state index in [0.29, 0.717) is 18.4 Å². The fraction of sp³-hybridized carbons (Fsp3) is 0.250. The molecule has 0 radical (unpaired) electrons. The van der Waals surface area contributed by atoms with Crippen LogP contribution in [0.4, 0.5) is 17.6 Å². The topological polar surface area (TPSA) is 73.9 Å². The van der Waals surface area contributed by atoms with Crippen LogP contribution in [0.15, 0.2) is 41.1 Å². The van der Waals surface area contributed by atoms with E-state index in [2.05, 4.69) is 24.6 Å². The zero-order valence-electron chi connectivity index (χ0n) is 13.0. The molecule has 1 saturated carbocycles. The molecule has 1 aliphatic rings. The summed E-state index contributed by atoms with van der Waals surface area (Å²) in [6, 6.07) is 6.24. The number of ether oxygens (including phenoxy) is 1. The van der Waals surface area contributed by atoms with E-state index in [1.807, 2.05) is 0 Å². The summed E-state index contributed by atoms with van der Waals surface area (Å²) in [6.07, 6.45) is -1.11. The van der Waals surface area contributed by atoms with Crippen molar-refractivity contribution in [2.45, 2.75) is 24.6 Å². The number of aromatic nitrogens is 4. The highest BCUT2D eigenvalue weighted by Gasteiger charge is 2.49. The molecule has 0 amide bonds. The fourth-order valence-electron chi connectivity index (χ4n) is 2.48. The lowest BCUT2D eigenvalue weighted by atomic mass is 10.1. The Labute approximate surface area is 143 Å². The van der Waals surface area contributed by atoms with Crippen LogP contribution in [0.2, 0.25) is 0 Å². The number of hydrogen-bond donors (Lipinski definition) is 0. The van der Waals surface area contributed by atoms with E-state index in [-0.39, 0.29) is 23.3 Å². The second kappa shape index (κ2) is 5.75. The van der Waals surface area contributed by atoms with E-state index in [1.165, 1.54) is 18.5 Å². The summed E-state index contributed by atoms with van der Waals surface area (Å²) in [6.45, 7) is 0. The molecule has 0 saturated heterocycles. The molecule has 26 heavy (non-hydrogen) atoms. The first kappa shape index (κ1) is 16.4. The van der Waals surface area contributed by atoms with Crippen LogP contribution in [0, 0.1) is 5.82 Å². The Morgan fingerprint density at radius 2 is 1.73 bits per heavy atom.